The SMILES string of the molecule is CC(C)N1CCN(C(=O)C2CCN(c3ncc(C(F)(F)F)cc3Cl)CC2)CC1. The van der Waals surface area contributed by atoms with Gasteiger partial charge in [0, 0.05) is 57.4 Å². The third-order valence-electron chi connectivity index (χ3n) is 5.65. The van der Waals surface area contributed by atoms with Crippen molar-refractivity contribution >= 4 is 23.3 Å². The third-order valence-corrected chi connectivity index (χ3v) is 5.93. The first-order chi connectivity index (χ1) is 13.2. The molecule has 1 aromatic heterocycles. The Bertz CT molecular complexity index is 697. The Kier molecular flexibility index (Phi) is 6.39. The first-order valence-corrected chi connectivity index (χ1v) is 10.0. The van der Waals surface area contributed by atoms with E-state index in [0.29, 0.717) is 37.8 Å². The Labute approximate surface area is 168 Å². The summed E-state index contributed by atoms with van der Waals surface area (Å²) in [5.74, 6) is 0.496. The van der Waals surface area contributed by atoms with Gasteiger partial charge < -0.3 is 9.80 Å². The highest BCUT2D eigenvalue weighted by molar-refractivity contribution is 6.33. The molecule has 0 saturated carbocycles. The summed E-state index contributed by atoms with van der Waals surface area (Å²) in [4.78, 5) is 22.9. The zero-order valence-electron chi connectivity index (χ0n) is 16.2. The predicted octanol–water partition coefficient (Wildman–Crippen LogP) is 3.52. The van der Waals surface area contributed by atoms with Crippen LogP contribution < -0.4 is 4.90 Å². The molecule has 2 aliphatic heterocycles. The van der Waals surface area contributed by atoms with Gasteiger partial charge in [0.1, 0.15) is 5.82 Å². The van der Waals surface area contributed by atoms with Crippen molar-refractivity contribution in [2.75, 3.05) is 44.2 Å². The minimum absolute atomic E-state index is 0.00981. The molecule has 0 unspecified atom stereocenters. The number of carbonyl (C=O) groups is 1. The minimum Gasteiger partial charge on any atom is -0.355 e. The van der Waals surface area contributed by atoms with Crippen molar-refractivity contribution in [3.05, 3.63) is 22.8 Å². The zero-order valence-corrected chi connectivity index (χ0v) is 16.9. The van der Waals surface area contributed by atoms with Crippen LogP contribution in [0, 0.1) is 5.92 Å². The number of halogens is 4. The van der Waals surface area contributed by atoms with Gasteiger partial charge >= 0.3 is 6.18 Å². The van der Waals surface area contributed by atoms with Crippen molar-refractivity contribution in [2.24, 2.45) is 5.92 Å². The van der Waals surface area contributed by atoms with Crippen LogP contribution in [-0.2, 0) is 11.0 Å². The molecule has 2 saturated heterocycles. The van der Waals surface area contributed by atoms with E-state index in [-0.39, 0.29) is 16.8 Å². The number of piperazine rings is 1. The van der Waals surface area contributed by atoms with E-state index in [1.807, 2.05) is 9.80 Å². The van der Waals surface area contributed by atoms with Crippen LogP contribution in [-0.4, -0.2) is 66.0 Å². The zero-order chi connectivity index (χ0) is 20.5. The Hall–Kier alpha value is -1.54. The fourth-order valence-electron chi connectivity index (χ4n) is 3.87. The molecular weight excluding hydrogens is 393 g/mol. The summed E-state index contributed by atoms with van der Waals surface area (Å²) in [5, 5.41) is -0.00981. The van der Waals surface area contributed by atoms with Crippen LogP contribution in [0.5, 0.6) is 0 Å². The van der Waals surface area contributed by atoms with E-state index in [2.05, 4.69) is 23.7 Å². The summed E-state index contributed by atoms with van der Waals surface area (Å²) in [6, 6.07) is 1.40. The maximum absolute atomic E-state index is 12.8. The standard InChI is InChI=1S/C19H26ClF3N4O/c1-13(2)25-7-9-27(10-8-25)18(28)14-3-5-26(6-4-14)17-16(20)11-15(12-24-17)19(21,22)23/h11-14H,3-10H2,1-2H3. The average molecular weight is 419 g/mol. The Balaban J connectivity index is 1.55. The number of nitrogens with zero attached hydrogens (tertiary/aromatic N) is 4. The van der Waals surface area contributed by atoms with Gasteiger partial charge in [-0.25, -0.2) is 4.98 Å². The number of hydrogen-bond donors (Lipinski definition) is 0. The number of carbonyl (C=O) groups excluding carboxylic acids is 1. The highest BCUT2D eigenvalue weighted by Crippen LogP contribution is 2.34. The topological polar surface area (TPSA) is 39.7 Å². The van der Waals surface area contributed by atoms with Crippen LogP contribution in [0.25, 0.3) is 0 Å². The minimum atomic E-state index is -4.46. The third kappa shape index (κ3) is 4.71. The van der Waals surface area contributed by atoms with Crippen molar-refractivity contribution in [1.29, 1.82) is 0 Å². The monoisotopic (exact) mass is 418 g/mol. The average Bonchev–Trinajstić information content (AvgIpc) is 2.67. The van der Waals surface area contributed by atoms with Crippen molar-refractivity contribution in [3.8, 4) is 0 Å². The molecule has 3 heterocycles. The molecule has 0 spiro atoms. The Morgan fingerprint density at radius 2 is 1.75 bits per heavy atom. The molecule has 1 aromatic rings. The lowest BCUT2D eigenvalue weighted by atomic mass is 9.95. The number of aromatic nitrogens is 1. The number of piperidine rings is 1. The van der Waals surface area contributed by atoms with E-state index in [9.17, 15) is 18.0 Å². The van der Waals surface area contributed by atoms with Crippen LogP contribution in [0.15, 0.2) is 12.3 Å². The summed E-state index contributed by atoms with van der Waals surface area (Å²) in [6.45, 7) is 8.73. The number of amides is 1. The molecule has 5 nitrogen and oxygen atoms in total. The van der Waals surface area contributed by atoms with Crippen LogP contribution >= 0.6 is 11.6 Å². The van der Waals surface area contributed by atoms with Gasteiger partial charge in [0.15, 0.2) is 0 Å². The second-order valence-corrected chi connectivity index (χ2v) is 8.15. The number of pyridine rings is 1. The quantitative estimate of drug-likeness (QED) is 0.753. The molecule has 156 valence electrons. The van der Waals surface area contributed by atoms with Gasteiger partial charge in [0.25, 0.3) is 0 Å². The smallest absolute Gasteiger partial charge is 0.355 e. The molecule has 0 bridgehead atoms. The van der Waals surface area contributed by atoms with Crippen molar-refractivity contribution in [1.82, 2.24) is 14.8 Å². The van der Waals surface area contributed by atoms with Crippen LogP contribution in [0.1, 0.15) is 32.3 Å². The predicted molar refractivity (Wildman–Crippen MR) is 102 cm³/mol. The fourth-order valence-corrected chi connectivity index (χ4v) is 4.16. The molecule has 0 radical (unpaired) electrons. The first-order valence-electron chi connectivity index (χ1n) is 9.67. The van der Waals surface area contributed by atoms with Gasteiger partial charge in [-0.2, -0.15) is 13.2 Å². The maximum Gasteiger partial charge on any atom is 0.417 e. The van der Waals surface area contributed by atoms with Crippen molar-refractivity contribution < 1.29 is 18.0 Å². The molecule has 28 heavy (non-hydrogen) atoms. The van der Waals surface area contributed by atoms with Crippen LogP contribution in [0.3, 0.4) is 0 Å². The second-order valence-electron chi connectivity index (χ2n) is 7.74. The van der Waals surface area contributed by atoms with Gasteiger partial charge in [-0.05, 0) is 32.8 Å². The second kappa shape index (κ2) is 8.45. The number of alkyl halides is 3. The van der Waals surface area contributed by atoms with Gasteiger partial charge in [-0.1, -0.05) is 11.6 Å². The highest BCUT2D eigenvalue weighted by atomic mass is 35.5. The number of rotatable bonds is 3. The molecular formula is C19H26ClF3N4O. The Morgan fingerprint density at radius 3 is 2.25 bits per heavy atom. The van der Waals surface area contributed by atoms with E-state index >= 15 is 0 Å². The van der Waals surface area contributed by atoms with Gasteiger partial charge in [-0.3, -0.25) is 9.69 Å². The van der Waals surface area contributed by atoms with Gasteiger partial charge in [-0.15, -0.1) is 0 Å². The van der Waals surface area contributed by atoms with Crippen LogP contribution in [0.4, 0.5) is 19.0 Å². The molecule has 3 rings (SSSR count). The summed E-state index contributed by atoms with van der Waals surface area (Å²) in [6.07, 6.45) is -2.34. The summed E-state index contributed by atoms with van der Waals surface area (Å²) >= 11 is 6.04. The van der Waals surface area contributed by atoms with Gasteiger partial charge in [0.05, 0.1) is 10.6 Å². The van der Waals surface area contributed by atoms with Crippen molar-refractivity contribution in [3.63, 3.8) is 0 Å². The molecule has 9 heteroatoms. The summed E-state index contributed by atoms with van der Waals surface area (Å²) < 4.78 is 38.3. The molecule has 0 atom stereocenters. The number of hydrogen-bond acceptors (Lipinski definition) is 4. The largest absolute Gasteiger partial charge is 0.417 e. The lowest BCUT2D eigenvalue weighted by Gasteiger charge is -2.40. The van der Waals surface area contributed by atoms with E-state index in [1.165, 1.54) is 0 Å². The molecule has 0 N–H and O–H groups in total. The van der Waals surface area contributed by atoms with Crippen molar-refractivity contribution in [2.45, 2.75) is 38.9 Å². The fraction of sp³-hybridized carbons (Fsp3) is 0.684. The molecule has 0 aliphatic carbocycles. The maximum atomic E-state index is 12.8. The van der Waals surface area contributed by atoms with Gasteiger partial charge in [0.2, 0.25) is 5.91 Å². The highest BCUT2D eigenvalue weighted by Gasteiger charge is 2.34. The van der Waals surface area contributed by atoms with E-state index in [1.54, 1.807) is 0 Å². The molecule has 2 fully saturated rings. The molecule has 2 aliphatic rings. The summed E-state index contributed by atoms with van der Waals surface area (Å²) in [5.41, 5.74) is -0.855. The lowest BCUT2D eigenvalue weighted by Crippen LogP contribution is -2.53. The summed E-state index contributed by atoms with van der Waals surface area (Å²) in [7, 11) is 0. The molecule has 1 amide bonds. The van der Waals surface area contributed by atoms with E-state index in [0.717, 1.165) is 38.4 Å². The first kappa shape index (κ1) is 21.2. The lowest BCUT2D eigenvalue weighted by molar-refractivity contribution is -0.138. The van der Waals surface area contributed by atoms with Crippen LogP contribution in [0.2, 0.25) is 5.02 Å². The Morgan fingerprint density at radius 1 is 1.14 bits per heavy atom. The van der Waals surface area contributed by atoms with E-state index < -0.39 is 11.7 Å². The van der Waals surface area contributed by atoms with E-state index in [4.69, 9.17) is 11.6 Å². The number of anilines is 1. The normalized spacial score (nSPS) is 20.1. The molecule has 0 aromatic carbocycles.